The largest absolute Gasteiger partial charge is 0.494 e. The average molecular weight is 464 g/mol. The summed E-state index contributed by atoms with van der Waals surface area (Å²) in [5.74, 6) is 0.351. The summed E-state index contributed by atoms with van der Waals surface area (Å²) in [4.78, 5) is 39.3. The molecule has 0 saturated carbocycles. The Morgan fingerprint density at radius 2 is 1.85 bits per heavy atom. The number of aryl methyl sites for hydroxylation is 1. The highest BCUT2D eigenvalue weighted by Crippen LogP contribution is 2.18. The molecule has 4 rings (SSSR count). The minimum atomic E-state index is -0.522. The highest BCUT2D eigenvalue weighted by Gasteiger charge is 2.17. The lowest BCUT2D eigenvalue weighted by atomic mass is 10.1. The van der Waals surface area contributed by atoms with Crippen molar-refractivity contribution >= 4 is 33.1 Å². The first-order valence-electron chi connectivity index (χ1n) is 10.8. The number of rotatable bonds is 8. The Morgan fingerprint density at radius 1 is 1.03 bits per heavy atom. The van der Waals surface area contributed by atoms with Crippen molar-refractivity contribution in [2.24, 2.45) is 0 Å². The molecule has 2 heterocycles. The van der Waals surface area contributed by atoms with E-state index >= 15 is 0 Å². The topological polar surface area (TPSA) is 82.3 Å². The van der Waals surface area contributed by atoms with E-state index in [1.165, 1.54) is 20.5 Å². The number of carbonyl (C=O) groups excluding carboxylic acids is 1. The van der Waals surface area contributed by atoms with Crippen LogP contribution in [0.5, 0.6) is 5.75 Å². The number of nitrogens with zero attached hydrogens (tertiary/aromatic N) is 2. The molecule has 7 nitrogen and oxygen atoms in total. The second-order valence-corrected chi connectivity index (χ2v) is 8.45. The fourth-order valence-corrected chi connectivity index (χ4v) is 4.64. The normalized spacial score (nSPS) is 11.0. The van der Waals surface area contributed by atoms with E-state index in [2.05, 4.69) is 5.32 Å². The van der Waals surface area contributed by atoms with Crippen LogP contribution >= 0.6 is 11.3 Å². The van der Waals surface area contributed by atoms with Gasteiger partial charge in [0.05, 0.1) is 18.7 Å². The monoisotopic (exact) mass is 463 g/mol. The molecular weight excluding hydrogens is 438 g/mol. The van der Waals surface area contributed by atoms with Crippen molar-refractivity contribution < 1.29 is 9.53 Å². The fraction of sp³-hybridized carbons (Fsp3) is 0.240. The van der Waals surface area contributed by atoms with Gasteiger partial charge in [-0.3, -0.25) is 18.7 Å². The Hall–Kier alpha value is -3.65. The van der Waals surface area contributed by atoms with Crippen molar-refractivity contribution in [3.63, 3.8) is 0 Å². The van der Waals surface area contributed by atoms with E-state index < -0.39 is 5.69 Å². The van der Waals surface area contributed by atoms with E-state index in [1.807, 2.05) is 62.4 Å². The van der Waals surface area contributed by atoms with Gasteiger partial charge in [-0.1, -0.05) is 37.3 Å². The summed E-state index contributed by atoms with van der Waals surface area (Å²) in [6.07, 6.45) is 0.775. The van der Waals surface area contributed by atoms with Crippen LogP contribution in [-0.4, -0.2) is 21.6 Å². The number of thiophene rings is 1. The molecular formula is C25H25N3O4S. The summed E-state index contributed by atoms with van der Waals surface area (Å²) in [7, 11) is 0. The third kappa shape index (κ3) is 4.75. The number of anilines is 1. The standard InChI is InChI=1S/C25H25N3O4S/c1-3-18-9-5-6-11-20(18)26-22(29)16-27-21-12-13-33-23(21)24(30)28(25(27)31)15-17-8-7-10-19(14-17)32-4-2/h5-14H,3-4,15-16H2,1-2H3,(H,26,29). The van der Waals surface area contributed by atoms with Crippen molar-refractivity contribution in [2.45, 2.75) is 33.4 Å². The SMILES string of the molecule is CCOc1cccc(Cn2c(=O)c3sccc3n(CC(=O)Nc3ccccc3CC)c2=O)c1. The highest BCUT2D eigenvalue weighted by atomic mass is 32.1. The summed E-state index contributed by atoms with van der Waals surface area (Å²) in [6.45, 7) is 4.33. The van der Waals surface area contributed by atoms with Crippen molar-refractivity contribution in [1.82, 2.24) is 9.13 Å². The Kier molecular flexibility index (Phi) is 6.74. The molecule has 4 aromatic rings. The predicted octanol–water partition coefficient (Wildman–Crippen LogP) is 3.87. The van der Waals surface area contributed by atoms with Gasteiger partial charge in [0.15, 0.2) is 0 Å². The van der Waals surface area contributed by atoms with Gasteiger partial charge < -0.3 is 10.1 Å². The van der Waals surface area contributed by atoms with Crippen molar-refractivity contribution in [2.75, 3.05) is 11.9 Å². The molecule has 1 N–H and O–H groups in total. The zero-order valence-corrected chi connectivity index (χ0v) is 19.4. The first kappa shape index (κ1) is 22.5. The Bertz CT molecular complexity index is 1420. The van der Waals surface area contributed by atoms with Crippen LogP contribution in [-0.2, 0) is 24.3 Å². The first-order chi connectivity index (χ1) is 16.0. The van der Waals surface area contributed by atoms with Gasteiger partial charge in [0, 0.05) is 5.69 Å². The molecule has 0 bridgehead atoms. The third-order valence-electron chi connectivity index (χ3n) is 5.36. The number of hydrogen-bond donors (Lipinski definition) is 1. The maximum Gasteiger partial charge on any atom is 0.332 e. The zero-order valence-electron chi connectivity index (χ0n) is 18.5. The lowest BCUT2D eigenvalue weighted by molar-refractivity contribution is -0.116. The molecule has 0 spiro atoms. The van der Waals surface area contributed by atoms with Crippen LogP contribution in [0.1, 0.15) is 25.0 Å². The smallest absolute Gasteiger partial charge is 0.332 e. The number of fused-ring (bicyclic) bond motifs is 1. The van der Waals surface area contributed by atoms with Crippen molar-refractivity contribution in [3.05, 3.63) is 91.9 Å². The van der Waals surface area contributed by atoms with Gasteiger partial charge in [0.1, 0.15) is 17.0 Å². The van der Waals surface area contributed by atoms with Crippen molar-refractivity contribution in [3.8, 4) is 5.75 Å². The maximum atomic E-state index is 13.3. The van der Waals surface area contributed by atoms with Crippen LogP contribution in [0.2, 0.25) is 0 Å². The molecule has 0 unspecified atom stereocenters. The Balaban J connectivity index is 1.70. The molecule has 0 aliphatic heterocycles. The fourth-order valence-electron chi connectivity index (χ4n) is 3.79. The number of ether oxygens (including phenoxy) is 1. The second-order valence-electron chi connectivity index (χ2n) is 7.53. The van der Waals surface area contributed by atoms with E-state index in [4.69, 9.17) is 4.74 Å². The molecule has 0 fully saturated rings. The van der Waals surface area contributed by atoms with Gasteiger partial charge in [-0.15, -0.1) is 11.3 Å². The molecule has 170 valence electrons. The van der Waals surface area contributed by atoms with Crippen LogP contribution in [0.3, 0.4) is 0 Å². The van der Waals surface area contributed by atoms with Gasteiger partial charge in [-0.25, -0.2) is 4.79 Å². The molecule has 2 aromatic heterocycles. The van der Waals surface area contributed by atoms with Crippen LogP contribution in [0, 0.1) is 0 Å². The molecule has 1 amide bonds. The van der Waals surface area contributed by atoms with E-state index in [9.17, 15) is 14.4 Å². The quantitative estimate of drug-likeness (QED) is 0.430. The lowest BCUT2D eigenvalue weighted by Gasteiger charge is -2.14. The molecule has 0 radical (unpaired) electrons. The Morgan fingerprint density at radius 3 is 2.64 bits per heavy atom. The van der Waals surface area contributed by atoms with Crippen LogP contribution in [0.15, 0.2) is 69.6 Å². The summed E-state index contributed by atoms with van der Waals surface area (Å²) in [5.41, 5.74) is 2.09. The van der Waals surface area contributed by atoms with E-state index in [-0.39, 0.29) is 24.6 Å². The number of carbonyl (C=O) groups is 1. The maximum absolute atomic E-state index is 13.3. The predicted molar refractivity (Wildman–Crippen MR) is 132 cm³/mol. The molecule has 8 heteroatoms. The van der Waals surface area contributed by atoms with Crippen LogP contribution in [0.4, 0.5) is 5.69 Å². The number of para-hydroxylation sites is 1. The minimum Gasteiger partial charge on any atom is -0.494 e. The summed E-state index contributed by atoms with van der Waals surface area (Å²) in [5, 5.41) is 4.66. The number of amides is 1. The van der Waals surface area contributed by atoms with Gasteiger partial charge in [-0.05, 0) is 54.1 Å². The molecule has 0 aliphatic rings. The average Bonchev–Trinajstić information content (AvgIpc) is 3.30. The number of nitrogens with one attached hydrogen (secondary N) is 1. The van der Waals surface area contributed by atoms with Crippen molar-refractivity contribution in [1.29, 1.82) is 0 Å². The van der Waals surface area contributed by atoms with Crippen LogP contribution in [0.25, 0.3) is 10.2 Å². The first-order valence-corrected chi connectivity index (χ1v) is 11.7. The van der Waals surface area contributed by atoms with E-state index in [1.54, 1.807) is 11.4 Å². The number of aromatic nitrogens is 2. The van der Waals surface area contributed by atoms with Gasteiger partial charge >= 0.3 is 5.69 Å². The summed E-state index contributed by atoms with van der Waals surface area (Å²) in [6, 6.07) is 16.6. The second kappa shape index (κ2) is 9.87. The molecule has 0 aliphatic carbocycles. The molecule has 2 aromatic carbocycles. The van der Waals surface area contributed by atoms with Crippen LogP contribution < -0.4 is 21.3 Å². The summed E-state index contributed by atoms with van der Waals surface area (Å²) >= 11 is 1.26. The molecule has 0 saturated heterocycles. The van der Waals surface area contributed by atoms with Gasteiger partial charge in [-0.2, -0.15) is 0 Å². The van der Waals surface area contributed by atoms with E-state index in [0.717, 1.165) is 23.2 Å². The molecule has 33 heavy (non-hydrogen) atoms. The number of benzene rings is 2. The Labute approximate surface area is 194 Å². The van der Waals surface area contributed by atoms with Gasteiger partial charge in [0.25, 0.3) is 5.56 Å². The third-order valence-corrected chi connectivity index (χ3v) is 6.25. The molecule has 0 atom stereocenters. The lowest BCUT2D eigenvalue weighted by Crippen LogP contribution is -2.41. The van der Waals surface area contributed by atoms with Gasteiger partial charge in [0.2, 0.25) is 5.91 Å². The minimum absolute atomic E-state index is 0.0900. The summed E-state index contributed by atoms with van der Waals surface area (Å²) < 4.78 is 8.52. The highest BCUT2D eigenvalue weighted by molar-refractivity contribution is 7.17. The van der Waals surface area contributed by atoms with E-state index in [0.29, 0.717) is 22.6 Å². The zero-order chi connectivity index (χ0) is 23.4. The number of hydrogen-bond acceptors (Lipinski definition) is 5.